The summed E-state index contributed by atoms with van der Waals surface area (Å²) in [6.07, 6.45) is 3.88. The first-order chi connectivity index (χ1) is 13.1. The van der Waals surface area contributed by atoms with Crippen LogP contribution in [0.15, 0.2) is 65.3 Å². The number of carbonyl (C=O) groups is 1. The van der Waals surface area contributed by atoms with Gasteiger partial charge in [-0.2, -0.15) is 0 Å². The van der Waals surface area contributed by atoms with Gasteiger partial charge in [0.25, 0.3) is 5.91 Å². The first-order valence-corrected chi connectivity index (χ1v) is 9.85. The van der Waals surface area contributed by atoms with E-state index in [4.69, 9.17) is 4.98 Å². The SMILES string of the molecule is Cc1nc(-c2cccc(Br)c2)ccc1C(=O)N(Cc1ccccn1)C1CC1. The predicted octanol–water partition coefficient (Wildman–Crippen LogP) is 5.02. The number of benzene rings is 1. The number of pyridine rings is 2. The minimum atomic E-state index is 0.0361. The lowest BCUT2D eigenvalue weighted by atomic mass is 10.1. The maximum atomic E-state index is 13.2. The quantitative estimate of drug-likeness (QED) is 0.580. The molecule has 1 fully saturated rings. The molecular weight excluding hydrogens is 402 g/mol. The molecule has 2 aromatic heterocycles. The summed E-state index contributed by atoms with van der Waals surface area (Å²) in [5, 5.41) is 0. The highest BCUT2D eigenvalue weighted by Gasteiger charge is 2.34. The summed E-state index contributed by atoms with van der Waals surface area (Å²) in [5.74, 6) is 0.0361. The molecule has 0 radical (unpaired) electrons. The molecule has 136 valence electrons. The van der Waals surface area contributed by atoms with Gasteiger partial charge in [0.2, 0.25) is 0 Å². The minimum absolute atomic E-state index is 0.0361. The van der Waals surface area contributed by atoms with Gasteiger partial charge in [-0.25, -0.2) is 0 Å². The van der Waals surface area contributed by atoms with Gasteiger partial charge in [-0.15, -0.1) is 0 Å². The molecule has 27 heavy (non-hydrogen) atoms. The molecule has 1 amide bonds. The Morgan fingerprint density at radius 2 is 2.00 bits per heavy atom. The zero-order valence-corrected chi connectivity index (χ0v) is 16.7. The van der Waals surface area contributed by atoms with Crippen LogP contribution >= 0.6 is 15.9 Å². The highest BCUT2D eigenvalue weighted by molar-refractivity contribution is 9.10. The fourth-order valence-corrected chi connectivity index (χ4v) is 3.57. The topological polar surface area (TPSA) is 46.1 Å². The molecule has 0 N–H and O–H groups in total. The number of aryl methyl sites for hydroxylation is 1. The Bertz CT molecular complexity index is 970. The van der Waals surface area contributed by atoms with E-state index < -0.39 is 0 Å². The zero-order chi connectivity index (χ0) is 18.8. The molecule has 2 heterocycles. The standard InChI is InChI=1S/C22H20BrN3O/c1-15-20(10-11-21(25-15)16-5-4-6-17(23)13-16)22(27)26(19-8-9-19)14-18-7-2-3-12-24-18/h2-7,10-13,19H,8-9,14H2,1H3. The predicted molar refractivity (Wildman–Crippen MR) is 109 cm³/mol. The Kier molecular flexibility index (Phi) is 5.03. The molecule has 4 nitrogen and oxygen atoms in total. The monoisotopic (exact) mass is 421 g/mol. The fourth-order valence-electron chi connectivity index (χ4n) is 3.17. The van der Waals surface area contributed by atoms with Crippen LogP contribution in [0.5, 0.6) is 0 Å². The zero-order valence-electron chi connectivity index (χ0n) is 15.1. The van der Waals surface area contributed by atoms with Gasteiger partial charge in [0.15, 0.2) is 0 Å². The van der Waals surface area contributed by atoms with E-state index in [1.165, 1.54) is 0 Å². The van der Waals surface area contributed by atoms with Crippen LogP contribution in [0.1, 0.15) is 34.6 Å². The van der Waals surface area contributed by atoms with Gasteiger partial charge >= 0.3 is 0 Å². The Morgan fingerprint density at radius 3 is 2.67 bits per heavy atom. The highest BCUT2D eigenvalue weighted by atomic mass is 79.9. The van der Waals surface area contributed by atoms with Crippen molar-refractivity contribution >= 4 is 21.8 Å². The smallest absolute Gasteiger partial charge is 0.256 e. The number of hydrogen-bond acceptors (Lipinski definition) is 3. The van der Waals surface area contributed by atoms with Crippen LogP contribution in [-0.4, -0.2) is 26.8 Å². The van der Waals surface area contributed by atoms with E-state index in [2.05, 4.69) is 20.9 Å². The van der Waals surface area contributed by atoms with Gasteiger partial charge in [0, 0.05) is 22.3 Å². The van der Waals surface area contributed by atoms with Crippen molar-refractivity contribution in [3.63, 3.8) is 0 Å². The Hall–Kier alpha value is -2.53. The second-order valence-electron chi connectivity index (χ2n) is 6.83. The lowest BCUT2D eigenvalue weighted by Gasteiger charge is -2.23. The van der Waals surface area contributed by atoms with E-state index in [9.17, 15) is 4.79 Å². The van der Waals surface area contributed by atoms with E-state index in [0.717, 1.165) is 40.0 Å². The third-order valence-corrected chi connectivity index (χ3v) is 5.24. The molecule has 4 rings (SSSR count). The maximum Gasteiger partial charge on any atom is 0.256 e. The van der Waals surface area contributed by atoms with Crippen molar-refractivity contribution < 1.29 is 4.79 Å². The Balaban J connectivity index is 1.60. The van der Waals surface area contributed by atoms with E-state index in [-0.39, 0.29) is 5.91 Å². The molecule has 0 bridgehead atoms. The number of carbonyl (C=O) groups excluding carboxylic acids is 1. The average molecular weight is 422 g/mol. The van der Waals surface area contributed by atoms with Crippen molar-refractivity contribution in [2.45, 2.75) is 32.4 Å². The summed E-state index contributed by atoms with van der Waals surface area (Å²) >= 11 is 3.49. The Morgan fingerprint density at radius 1 is 1.15 bits per heavy atom. The van der Waals surface area contributed by atoms with Gasteiger partial charge in [-0.05, 0) is 56.2 Å². The van der Waals surface area contributed by atoms with Crippen LogP contribution in [0.2, 0.25) is 0 Å². The molecule has 1 aromatic carbocycles. The summed E-state index contributed by atoms with van der Waals surface area (Å²) in [6, 6.07) is 18.0. The van der Waals surface area contributed by atoms with E-state index >= 15 is 0 Å². The summed E-state index contributed by atoms with van der Waals surface area (Å²) in [5.41, 5.74) is 4.22. The lowest BCUT2D eigenvalue weighted by molar-refractivity contribution is 0.0726. The summed E-state index contributed by atoms with van der Waals surface area (Å²) in [7, 11) is 0. The second-order valence-corrected chi connectivity index (χ2v) is 7.74. The van der Waals surface area contributed by atoms with Crippen LogP contribution in [0.3, 0.4) is 0 Å². The van der Waals surface area contributed by atoms with Crippen molar-refractivity contribution in [3.8, 4) is 11.3 Å². The molecule has 0 saturated heterocycles. The van der Waals surface area contributed by atoms with Gasteiger partial charge in [0.05, 0.1) is 29.2 Å². The Labute approximate surface area is 167 Å². The number of hydrogen-bond donors (Lipinski definition) is 0. The van der Waals surface area contributed by atoms with Crippen molar-refractivity contribution in [1.82, 2.24) is 14.9 Å². The van der Waals surface area contributed by atoms with Crippen molar-refractivity contribution in [2.75, 3.05) is 0 Å². The fraction of sp³-hybridized carbons (Fsp3) is 0.227. The average Bonchev–Trinajstić information content (AvgIpc) is 3.51. The largest absolute Gasteiger partial charge is 0.330 e. The van der Waals surface area contributed by atoms with Crippen LogP contribution < -0.4 is 0 Å². The third-order valence-electron chi connectivity index (χ3n) is 4.74. The maximum absolute atomic E-state index is 13.2. The first-order valence-electron chi connectivity index (χ1n) is 9.06. The van der Waals surface area contributed by atoms with E-state index in [1.54, 1.807) is 6.20 Å². The van der Waals surface area contributed by atoms with Crippen LogP contribution in [0, 0.1) is 6.92 Å². The summed E-state index contributed by atoms with van der Waals surface area (Å²) in [6.45, 7) is 2.44. The molecule has 0 atom stereocenters. The molecule has 3 aromatic rings. The van der Waals surface area contributed by atoms with Crippen molar-refractivity contribution in [3.05, 3.63) is 82.2 Å². The van der Waals surface area contributed by atoms with Gasteiger partial charge in [-0.1, -0.05) is 34.1 Å². The summed E-state index contributed by atoms with van der Waals surface area (Å²) in [4.78, 5) is 24.2. The lowest BCUT2D eigenvalue weighted by Crippen LogP contribution is -2.33. The number of amides is 1. The van der Waals surface area contributed by atoms with Crippen molar-refractivity contribution in [1.29, 1.82) is 0 Å². The molecule has 1 aliphatic rings. The number of nitrogens with zero attached hydrogens (tertiary/aromatic N) is 3. The molecule has 0 aliphatic heterocycles. The molecule has 1 saturated carbocycles. The summed E-state index contributed by atoms with van der Waals surface area (Å²) < 4.78 is 1.01. The second kappa shape index (κ2) is 7.61. The van der Waals surface area contributed by atoms with Gasteiger partial charge in [-0.3, -0.25) is 14.8 Å². The number of rotatable bonds is 5. The highest BCUT2D eigenvalue weighted by Crippen LogP contribution is 2.30. The third kappa shape index (κ3) is 4.08. The normalized spacial score (nSPS) is 13.4. The van der Waals surface area contributed by atoms with E-state index in [0.29, 0.717) is 18.2 Å². The van der Waals surface area contributed by atoms with Crippen molar-refractivity contribution in [2.24, 2.45) is 0 Å². The number of aromatic nitrogens is 2. The molecule has 1 aliphatic carbocycles. The molecule has 0 spiro atoms. The van der Waals surface area contributed by atoms with Gasteiger partial charge < -0.3 is 4.90 Å². The van der Waals surface area contributed by atoms with Crippen LogP contribution in [-0.2, 0) is 6.54 Å². The molecule has 5 heteroatoms. The minimum Gasteiger partial charge on any atom is -0.330 e. The van der Waals surface area contributed by atoms with E-state index in [1.807, 2.05) is 66.4 Å². The van der Waals surface area contributed by atoms with Crippen LogP contribution in [0.4, 0.5) is 0 Å². The number of halogens is 1. The van der Waals surface area contributed by atoms with Crippen LogP contribution in [0.25, 0.3) is 11.3 Å². The first kappa shape index (κ1) is 17.9. The van der Waals surface area contributed by atoms with Gasteiger partial charge in [0.1, 0.15) is 0 Å². The molecule has 0 unspecified atom stereocenters. The molecular formula is C22H20BrN3O.